The van der Waals surface area contributed by atoms with E-state index in [4.69, 9.17) is 23.7 Å². The molecule has 172 valence electrons. The SMILES string of the molecule is COc1ccc(C(=O)Oc2ccc(/C=C(\C#N)C(=O)N3CCOCC3)cc2OC)cc1OC. The summed E-state index contributed by atoms with van der Waals surface area (Å²) in [6.07, 6.45) is 1.47. The van der Waals surface area contributed by atoms with Crippen molar-refractivity contribution in [2.45, 2.75) is 0 Å². The fourth-order valence-electron chi connectivity index (χ4n) is 3.23. The summed E-state index contributed by atoms with van der Waals surface area (Å²) < 4.78 is 26.5. The van der Waals surface area contributed by atoms with Crippen LogP contribution in [-0.4, -0.2) is 64.4 Å². The minimum absolute atomic E-state index is 0.00553. The van der Waals surface area contributed by atoms with Crippen molar-refractivity contribution in [2.24, 2.45) is 0 Å². The van der Waals surface area contributed by atoms with Gasteiger partial charge in [-0.15, -0.1) is 0 Å². The van der Waals surface area contributed by atoms with E-state index >= 15 is 0 Å². The van der Waals surface area contributed by atoms with Gasteiger partial charge in [0.1, 0.15) is 11.6 Å². The Morgan fingerprint density at radius 3 is 2.21 bits per heavy atom. The summed E-state index contributed by atoms with van der Waals surface area (Å²) in [6.45, 7) is 1.76. The number of nitriles is 1. The first-order valence-electron chi connectivity index (χ1n) is 10.1. The van der Waals surface area contributed by atoms with Crippen LogP contribution in [0.15, 0.2) is 42.0 Å². The molecule has 9 nitrogen and oxygen atoms in total. The number of carbonyl (C=O) groups excluding carboxylic acids is 2. The number of esters is 1. The van der Waals surface area contributed by atoms with E-state index in [2.05, 4.69) is 0 Å². The molecule has 0 bridgehead atoms. The predicted molar refractivity (Wildman–Crippen MR) is 118 cm³/mol. The summed E-state index contributed by atoms with van der Waals surface area (Å²) in [7, 11) is 4.41. The van der Waals surface area contributed by atoms with Crippen LogP contribution in [-0.2, 0) is 9.53 Å². The van der Waals surface area contributed by atoms with Gasteiger partial charge in [0.05, 0.1) is 40.1 Å². The Morgan fingerprint density at radius 2 is 1.58 bits per heavy atom. The average Bonchev–Trinajstić information content (AvgIpc) is 2.87. The molecule has 3 rings (SSSR count). The lowest BCUT2D eigenvalue weighted by atomic mass is 10.1. The Balaban J connectivity index is 1.80. The first-order chi connectivity index (χ1) is 16.0. The zero-order valence-corrected chi connectivity index (χ0v) is 18.6. The summed E-state index contributed by atoms with van der Waals surface area (Å²) in [5.74, 6) is 0.374. The number of amides is 1. The van der Waals surface area contributed by atoms with Gasteiger partial charge in [0.2, 0.25) is 0 Å². The van der Waals surface area contributed by atoms with Crippen molar-refractivity contribution in [2.75, 3.05) is 47.6 Å². The second-order valence-electron chi connectivity index (χ2n) is 6.94. The Bertz CT molecular complexity index is 1100. The first kappa shape index (κ1) is 23.6. The van der Waals surface area contributed by atoms with Crippen LogP contribution in [0.5, 0.6) is 23.0 Å². The maximum absolute atomic E-state index is 12.6. The lowest BCUT2D eigenvalue weighted by molar-refractivity contribution is -0.130. The van der Waals surface area contributed by atoms with Gasteiger partial charge in [-0.05, 0) is 42.0 Å². The van der Waals surface area contributed by atoms with E-state index in [1.54, 1.807) is 29.2 Å². The molecular weight excluding hydrogens is 428 g/mol. The molecule has 0 unspecified atom stereocenters. The van der Waals surface area contributed by atoms with E-state index in [0.29, 0.717) is 43.4 Å². The van der Waals surface area contributed by atoms with Crippen LogP contribution >= 0.6 is 0 Å². The molecule has 0 atom stereocenters. The van der Waals surface area contributed by atoms with Gasteiger partial charge in [0.15, 0.2) is 23.0 Å². The molecule has 2 aromatic carbocycles. The molecule has 1 heterocycles. The monoisotopic (exact) mass is 452 g/mol. The maximum Gasteiger partial charge on any atom is 0.343 e. The van der Waals surface area contributed by atoms with E-state index < -0.39 is 5.97 Å². The molecule has 1 aliphatic rings. The Kier molecular flexibility index (Phi) is 7.89. The number of hydrogen-bond acceptors (Lipinski definition) is 8. The molecule has 2 aromatic rings. The molecule has 0 spiro atoms. The lowest BCUT2D eigenvalue weighted by Gasteiger charge is -2.26. The third-order valence-electron chi connectivity index (χ3n) is 4.97. The van der Waals surface area contributed by atoms with Crippen molar-refractivity contribution in [3.05, 3.63) is 53.1 Å². The van der Waals surface area contributed by atoms with E-state index in [-0.39, 0.29) is 28.5 Å². The Morgan fingerprint density at radius 1 is 0.939 bits per heavy atom. The van der Waals surface area contributed by atoms with Crippen LogP contribution in [0.3, 0.4) is 0 Å². The second-order valence-corrected chi connectivity index (χ2v) is 6.94. The van der Waals surface area contributed by atoms with Gasteiger partial charge in [0, 0.05) is 13.1 Å². The third kappa shape index (κ3) is 5.61. The van der Waals surface area contributed by atoms with Gasteiger partial charge < -0.3 is 28.6 Å². The maximum atomic E-state index is 12.6. The van der Waals surface area contributed by atoms with Crippen LogP contribution in [0, 0.1) is 11.3 Å². The van der Waals surface area contributed by atoms with E-state index in [9.17, 15) is 14.9 Å². The van der Waals surface area contributed by atoms with Crippen LogP contribution < -0.4 is 18.9 Å². The lowest BCUT2D eigenvalue weighted by Crippen LogP contribution is -2.41. The first-order valence-corrected chi connectivity index (χ1v) is 10.1. The number of benzene rings is 2. The van der Waals surface area contributed by atoms with Gasteiger partial charge in [-0.2, -0.15) is 5.26 Å². The summed E-state index contributed by atoms with van der Waals surface area (Å²) in [4.78, 5) is 26.8. The number of carbonyl (C=O) groups is 2. The van der Waals surface area contributed by atoms with Gasteiger partial charge in [-0.25, -0.2) is 4.79 Å². The van der Waals surface area contributed by atoms with Crippen molar-refractivity contribution in [3.63, 3.8) is 0 Å². The highest BCUT2D eigenvalue weighted by Gasteiger charge is 2.21. The molecule has 1 aliphatic heterocycles. The molecular formula is C24H24N2O7. The van der Waals surface area contributed by atoms with Crippen molar-refractivity contribution in [1.82, 2.24) is 4.90 Å². The fraction of sp³-hybridized carbons (Fsp3) is 0.292. The van der Waals surface area contributed by atoms with Crippen LogP contribution in [0.4, 0.5) is 0 Å². The predicted octanol–water partition coefficient (Wildman–Crippen LogP) is 2.70. The average molecular weight is 452 g/mol. The molecule has 0 saturated carbocycles. The smallest absolute Gasteiger partial charge is 0.343 e. The number of methoxy groups -OCH3 is 3. The number of nitrogens with zero attached hydrogens (tertiary/aromatic N) is 2. The second kappa shape index (κ2) is 11.0. The normalized spacial score (nSPS) is 13.6. The minimum atomic E-state index is -0.613. The highest BCUT2D eigenvalue weighted by Crippen LogP contribution is 2.31. The summed E-state index contributed by atoms with van der Waals surface area (Å²) in [5.41, 5.74) is 0.812. The van der Waals surface area contributed by atoms with Gasteiger partial charge in [-0.1, -0.05) is 6.07 Å². The molecule has 9 heteroatoms. The van der Waals surface area contributed by atoms with Crippen molar-refractivity contribution in [3.8, 4) is 29.1 Å². The number of hydrogen-bond donors (Lipinski definition) is 0. The zero-order chi connectivity index (χ0) is 23.8. The highest BCUT2D eigenvalue weighted by molar-refractivity contribution is 6.01. The van der Waals surface area contributed by atoms with Gasteiger partial charge in [-0.3, -0.25) is 4.79 Å². The summed E-state index contributed by atoms with van der Waals surface area (Å²) in [6, 6.07) is 11.4. The molecule has 1 fully saturated rings. The molecule has 1 amide bonds. The fourth-order valence-corrected chi connectivity index (χ4v) is 3.23. The number of rotatable bonds is 7. The molecule has 0 aromatic heterocycles. The number of ether oxygens (including phenoxy) is 5. The summed E-state index contributed by atoms with van der Waals surface area (Å²) in [5, 5.41) is 9.48. The quantitative estimate of drug-likeness (QED) is 0.273. The van der Waals surface area contributed by atoms with E-state index in [0.717, 1.165) is 0 Å². The van der Waals surface area contributed by atoms with Crippen LogP contribution in [0.2, 0.25) is 0 Å². The molecule has 0 aliphatic carbocycles. The van der Waals surface area contributed by atoms with Crippen molar-refractivity contribution in [1.29, 1.82) is 5.26 Å². The Hall–Kier alpha value is -4.03. The van der Waals surface area contributed by atoms with E-state index in [1.165, 1.54) is 39.5 Å². The molecule has 33 heavy (non-hydrogen) atoms. The number of morpholine rings is 1. The van der Waals surface area contributed by atoms with E-state index in [1.807, 2.05) is 6.07 Å². The standard InChI is InChI=1S/C24H24N2O7/c1-29-19-7-5-17(14-22(19)31-3)24(28)33-20-6-4-16(13-21(20)30-2)12-18(15-25)23(27)26-8-10-32-11-9-26/h4-7,12-14H,8-11H2,1-3H3/b18-12+. The van der Waals surface area contributed by atoms with Gasteiger partial charge >= 0.3 is 5.97 Å². The largest absolute Gasteiger partial charge is 0.493 e. The molecule has 0 N–H and O–H groups in total. The molecule has 1 saturated heterocycles. The van der Waals surface area contributed by atoms with Gasteiger partial charge in [0.25, 0.3) is 5.91 Å². The third-order valence-corrected chi connectivity index (χ3v) is 4.97. The van der Waals surface area contributed by atoms with Crippen molar-refractivity contribution >= 4 is 18.0 Å². The Labute approximate surface area is 191 Å². The molecule has 0 radical (unpaired) electrons. The topological polar surface area (TPSA) is 107 Å². The highest BCUT2D eigenvalue weighted by atomic mass is 16.6. The van der Waals surface area contributed by atoms with Crippen molar-refractivity contribution < 1.29 is 33.3 Å². The van der Waals surface area contributed by atoms with Crippen LogP contribution in [0.25, 0.3) is 6.08 Å². The zero-order valence-electron chi connectivity index (χ0n) is 18.6. The summed E-state index contributed by atoms with van der Waals surface area (Å²) >= 11 is 0. The minimum Gasteiger partial charge on any atom is -0.493 e. The van der Waals surface area contributed by atoms with Crippen LogP contribution in [0.1, 0.15) is 15.9 Å².